The van der Waals surface area contributed by atoms with Crippen molar-refractivity contribution < 1.29 is 0 Å². The Hall–Kier alpha value is -4.58. The average molecular weight is 412 g/mol. The lowest BCUT2D eigenvalue weighted by atomic mass is 10.2. The normalized spacial score (nSPS) is 11.8. The van der Waals surface area contributed by atoms with E-state index in [-0.39, 0.29) is 0 Å². The lowest BCUT2D eigenvalue weighted by Crippen LogP contribution is -2.01. The summed E-state index contributed by atoms with van der Waals surface area (Å²) in [6, 6.07) is 28.3. The molecule has 0 aliphatic heterocycles. The molecule has 0 spiro atoms. The highest BCUT2D eigenvalue weighted by Crippen LogP contribution is 2.34. The molecule has 0 aliphatic carbocycles. The van der Waals surface area contributed by atoms with Crippen LogP contribution in [0.2, 0.25) is 0 Å². The highest BCUT2D eigenvalue weighted by molar-refractivity contribution is 6.12. The molecule has 7 rings (SSSR count). The Morgan fingerprint density at radius 3 is 1.41 bits per heavy atom. The van der Waals surface area contributed by atoms with Crippen LogP contribution in [0.25, 0.3) is 55.8 Å². The predicted molar refractivity (Wildman–Crippen MR) is 126 cm³/mol. The third-order valence-corrected chi connectivity index (χ3v) is 5.84. The molecule has 0 radical (unpaired) electrons. The summed E-state index contributed by atoms with van der Waals surface area (Å²) in [7, 11) is 0. The van der Waals surface area contributed by atoms with Crippen LogP contribution in [0.15, 0.2) is 97.3 Å². The second kappa shape index (κ2) is 6.46. The maximum atomic E-state index is 5.19. The van der Waals surface area contributed by atoms with Gasteiger partial charge in [0.25, 0.3) is 0 Å². The zero-order valence-electron chi connectivity index (χ0n) is 16.9. The topological polar surface area (TPSA) is 61.4 Å². The molecule has 32 heavy (non-hydrogen) atoms. The summed E-state index contributed by atoms with van der Waals surface area (Å²) in [6.45, 7) is 0. The van der Waals surface area contributed by atoms with Crippen LogP contribution in [-0.4, -0.2) is 29.1 Å². The standard InChI is InChI=1S/C26H16N6/c1-3-11-19-17(9-1)23-25(31(19)21-13-5-7-15-27-21)30-26-24(29-23)18-10-2-4-12-20(18)32(26)22-14-6-8-16-28-22/h1-16H. The van der Waals surface area contributed by atoms with Gasteiger partial charge in [0.05, 0.1) is 11.0 Å². The average Bonchev–Trinajstić information content (AvgIpc) is 3.36. The second-order valence-corrected chi connectivity index (χ2v) is 7.65. The SMILES string of the molecule is c1ccc(-n2c3ccccc3c3nc4c5ccccc5n(-c5ccccn5)c4nc32)nc1. The van der Waals surface area contributed by atoms with Crippen molar-refractivity contribution in [1.82, 2.24) is 29.1 Å². The van der Waals surface area contributed by atoms with Crippen molar-refractivity contribution in [3.8, 4) is 11.6 Å². The Bertz CT molecular complexity index is 1640. The molecule has 0 saturated carbocycles. The van der Waals surface area contributed by atoms with Crippen molar-refractivity contribution in [2.24, 2.45) is 0 Å². The van der Waals surface area contributed by atoms with Gasteiger partial charge in [0.15, 0.2) is 11.3 Å². The number of hydrogen-bond acceptors (Lipinski definition) is 4. The zero-order valence-corrected chi connectivity index (χ0v) is 16.9. The lowest BCUT2D eigenvalue weighted by Gasteiger charge is -2.07. The first kappa shape index (κ1) is 17.1. The maximum absolute atomic E-state index is 5.19. The molecule has 7 aromatic rings. The van der Waals surface area contributed by atoms with Crippen LogP contribution >= 0.6 is 0 Å². The van der Waals surface area contributed by atoms with Gasteiger partial charge in [-0.05, 0) is 36.4 Å². The molecule has 6 heteroatoms. The fraction of sp³-hybridized carbons (Fsp3) is 0. The van der Waals surface area contributed by atoms with E-state index in [4.69, 9.17) is 9.97 Å². The zero-order chi connectivity index (χ0) is 21.1. The van der Waals surface area contributed by atoms with E-state index >= 15 is 0 Å². The molecule has 0 unspecified atom stereocenters. The summed E-state index contributed by atoms with van der Waals surface area (Å²) >= 11 is 0. The van der Waals surface area contributed by atoms with Gasteiger partial charge in [0.1, 0.15) is 22.7 Å². The first-order valence-electron chi connectivity index (χ1n) is 10.4. The van der Waals surface area contributed by atoms with Crippen molar-refractivity contribution in [2.75, 3.05) is 0 Å². The van der Waals surface area contributed by atoms with E-state index in [1.807, 2.05) is 60.7 Å². The van der Waals surface area contributed by atoms with Gasteiger partial charge in [-0.25, -0.2) is 19.9 Å². The summed E-state index contributed by atoms with van der Waals surface area (Å²) in [6.07, 6.45) is 3.60. The summed E-state index contributed by atoms with van der Waals surface area (Å²) in [5, 5.41) is 2.11. The molecule has 0 aliphatic rings. The Morgan fingerprint density at radius 1 is 0.469 bits per heavy atom. The van der Waals surface area contributed by atoms with Crippen LogP contribution in [-0.2, 0) is 0 Å². The van der Waals surface area contributed by atoms with Gasteiger partial charge in [-0.1, -0.05) is 48.5 Å². The quantitative estimate of drug-likeness (QED) is 0.378. The fourth-order valence-electron chi connectivity index (χ4n) is 4.49. The fourth-order valence-corrected chi connectivity index (χ4v) is 4.49. The van der Waals surface area contributed by atoms with Gasteiger partial charge in [0, 0.05) is 23.2 Å². The van der Waals surface area contributed by atoms with Gasteiger partial charge in [-0.3, -0.25) is 9.13 Å². The van der Waals surface area contributed by atoms with Crippen molar-refractivity contribution >= 4 is 44.1 Å². The molecular weight excluding hydrogens is 396 g/mol. The van der Waals surface area contributed by atoms with Crippen molar-refractivity contribution in [2.45, 2.75) is 0 Å². The molecule has 0 atom stereocenters. The van der Waals surface area contributed by atoms with Crippen LogP contribution in [0.5, 0.6) is 0 Å². The molecule has 5 aromatic heterocycles. The third-order valence-electron chi connectivity index (χ3n) is 5.84. The minimum absolute atomic E-state index is 0.775. The van der Waals surface area contributed by atoms with Crippen LogP contribution in [0, 0.1) is 0 Å². The molecule has 150 valence electrons. The minimum Gasteiger partial charge on any atom is -0.276 e. The summed E-state index contributed by atoms with van der Waals surface area (Å²) in [4.78, 5) is 19.6. The largest absolute Gasteiger partial charge is 0.276 e. The van der Waals surface area contributed by atoms with E-state index in [2.05, 4.69) is 43.4 Å². The van der Waals surface area contributed by atoms with Crippen LogP contribution in [0.1, 0.15) is 0 Å². The van der Waals surface area contributed by atoms with E-state index in [9.17, 15) is 0 Å². The molecule has 2 aromatic carbocycles. The first-order chi connectivity index (χ1) is 15.9. The van der Waals surface area contributed by atoms with Crippen molar-refractivity contribution in [3.05, 3.63) is 97.3 Å². The number of rotatable bonds is 2. The number of para-hydroxylation sites is 2. The third kappa shape index (κ3) is 2.29. The Morgan fingerprint density at radius 2 is 0.938 bits per heavy atom. The molecule has 0 N–H and O–H groups in total. The van der Waals surface area contributed by atoms with Gasteiger partial charge in [-0.2, -0.15) is 0 Å². The Labute approximate surface area is 182 Å². The molecular formula is C26H16N6. The maximum Gasteiger partial charge on any atom is 0.168 e. The summed E-state index contributed by atoms with van der Waals surface area (Å²) < 4.78 is 4.16. The van der Waals surface area contributed by atoms with E-state index in [1.54, 1.807) is 12.4 Å². The molecule has 0 bridgehead atoms. The predicted octanol–water partition coefficient (Wildman–Crippen LogP) is 5.46. The summed E-state index contributed by atoms with van der Waals surface area (Å²) in [5.41, 5.74) is 5.34. The highest BCUT2D eigenvalue weighted by Gasteiger charge is 2.21. The number of aromatic nitrogens is 6. The summed E-state index contributed by atoms with van der Waals surface area (Å²) in [5.74, 6) is 1.63. The molecule has 6 nitrogen and oxygen atoms in total. The van der Waals surface area contributed by atoms with Crippen molar-refractivity contribution in [3.63, 3.8) is 0 Å². The number of nitrogens with zero attached hydrogens (tertiary/aromatic N) is 6. The number of fused-ring (bicyclic) bond motifs is 6. The Kier molecular flexibility index (Phi) is 3.46. The number of benzene rings is 2. The van der Waals surface area contributed by atoms with Crippen molar-refractivity contribution in [1.29, 1.82) is 0 Å². The molecule has 5 heterocycles. The first-order valence-corrected chi connectivity index (χ1v) is 10.4. The molecule has 0 fully saturated rings. The van der Waals surface area contributed by atoms with E-state index < -0.39 is 0 Å². The van der Waals surface area contributed by atoms with Crippen LogP contribution < -0.4 is 0 Å². The van der Waals surface area contributed by atoms with Gasteiger partial charge in [0.2, 0.25) is 0 Å². The number of hydrogen-bond donors (Lipinski definition) is 0. The van der Waals surface area contributed by atoms with E-state index in [0.29, 0.717) is 0 Å². The smallest absolute Gasteiger partial charge is 0.168 e. The minimum atomic E-state index is 0.775. The van der Waals surface area contributed by atoms with Gasteiger partial charge >= 0.3 is 0 Å². The molecule has 0 saturated heterocycles. The van der Waals surface area contributed by atoms with Crippen LogP contribution in [0.3, 0.4) is 0 Å². The monoisotopic (exact) mass is 412 g/mol. The lowest BCUT2D eigenvalue weighted by molar-refractivity contribution is 1.03. The highest BCUT2D eigenvalue weighted by atomic mass is 15.2. The Balaban J connectivity index is 1.71. The second-order valence-electron chi connectivity index (χ2n) is 7.65. The van der Waals surface area contributed by atoms with Gasteiger partial charge in [-0.15, -0.1) is 0 Å². The van der Waals surface area contributed by atoms with Gasteiger partial charge < -0.3 is 0 Å². The van der Waals surface area contributed by atoms with E-state index in [1.165, 1.54) is 0 Å². The van der Waals surface area contributed by atoms with E-state index in [0.717, 1.165) is 55.8 Å². The number of pyridine rings is 2. The van der Waals surface area contributed by atoms with Crippen LogP contribution in [0.4, 0.5) is 0 Å². The molecule has 0 amide bonds.